The number of benzene rings is 1. The van der Waals surface area contributed by atoms with Crippen LogP contribution in [0.1, 0.15) is 47.3 Å². The van der Waals surface area contributed by atoms with Crippen molar-refractivity contribution in [1.82, 2.24) is 19.2 Å². The fourth-order valence-corrected chi connectivity index (χ4v) is 4.51. The summed E-state index contributed by atoms with van der Waals surface area (Å²) in [6.45, 7) is 6.84. The molecular formula is C22H29N5O. The van der Waals surface area contributed by atoms with Crippen LogP contribution in [0.4, 0.5) is 5.82 Å². The predicted molar refractivity (Wildman–Crippen MR) is 113 cm³/mol. The third kappa shape index (κ3) is 3.17. The maximum absolute atomic E-state index is 13.2. The van der Waals surface area contributed by atoms with E-state index < -0.39 is 0 Å². The van der Waals surface area contributed by atoms with Crippen LogP contribution in [-0.4, -0.2) is 45.3 Å². The van der Waals surface area contributed by atoms with Crippen LogP contribution in [0, 0.1) is 6.92 Å². The Hall–Kier alpha value is -2.76. The molecule has 1 fully saturated rings. The lowest BCUT2D eigenvalue weighted by atomic mass is 9.94. The number of piperidine rings is 1. The number of nitrogens with zero attached hydrogens (tertiary/aromatic N) is 4. The summed E-state index contributed by atoms with van der Waals surface area (Å²) in [5, 5.41) is 8.67. The normalized spacial score (nSPS) is 17.3. The van der Waals surface area contributed by atoms with Crippen LogP contribution in [0.2, 0.25) is 0 Å². The number of anilines is 1. The predicted octanol–water partition coefficient (Wildman–Crippen LogP) is 3.76. The Labute approximate surface area is 166 Å². The minimum Gasteiger partial charge on any atom is -0.371 e. The van der Waals surface area contributed by atoms with Crippen molar-refractivity contribution >= 4 is 22.6 Å². The number of hydrogen-bond acceptors (Lipinski definition) is 3. The highest BCUT2D eigenvalue weighted by Crippen LogP contribution is 2.33. The maximum Gasteiger partial charge on any atom is 0.259 e. The number of aromatic nitrogens is 3. The van der Waals surface area contributed by atoms with Gasteiger partial charge in [-0.3, -0.25) is 9.48 Å². The molecule has 0 spiro atoms. The molecule has 0 saturated carbocycles. The Kier molecular flexibility index (Phi) is 4.87. The molecule has 0 aliphatic carbocycles. The van der Waals surface area contributed by atoms with Gasteiger partial charge in [0.2, 0.25) is 0 Å². The van der Waals surface area contributed by atoms with Gasteiger partial charge in [0, 0.05) is 62.4 Å². The Bertz CT molecular complexity index is 1020. The SMILES string of the molecule is CCn1c(C2CCCN(C(=O)c3cn(C)nc3NC)C2)cc2cc(C)ccc21. The molecule has 0 radical (unpaired) electrons. The number of amides is 1. The van der Waals surface area contributed by atoms with Crippen molar-refractivity contribution in [3.63, 3.8) is 0 Å². The van der Waals surface area contributed by atoms with Gasteiger partial charge in [-0.05, 0) is 44.9 Å². The van der Waals surface area contributed by atoms with Gasteiger partial charge in [0.25, 0.3) is 5.91 Å². The molecule has 3 heterocycles. The monoisotopic (exact) mass is 379 g/mol. The first-order valence-electron chi connectivity index (χ1n) is 10.1. The van der Waals surface area contributed by atoms with Crippen LogP contribution in [0.3, 0.4) is 0 Å². The van der Waals surface area contributed by atoms with E-state index in [9.17, 15) is 4.79 Å². The fourth-order valence-electron chi connectivity index (χ4n) is 4.51. The summed E-state index contributed by atoms with van der Waals surface area (Å²) in [5.41, 5.74) is 4.57. The number of carbonyl (C=O) groups is 1. The highest BCUT2D eigenvalue weighted by atomic mass is 16.2. The number of fused-ring (bicyclic) bond motifs is 1. The lowest BCUT2D eigenvalue weighted by Gasteiger charge is -2.33. The molecule has 28 heavy (non-hydrogen) atoms. The summed E-state index contributed by atoms with van der Waals surface area (Å²) in [6.07, 6.45) is 3.95. The minimum atomic E-state index is 0.0668. The average Bonchev–Trinajstić information content (AvgIpc) is 3.26. The number of rotatable bonds is 4. The van der Waals surface area contributed by atoms with Gasteiger partial charge < -0.3 is 14.8 Å². The lowest BCUT2D eigenvalue weighted by molar-refractivity contribution is 0.0706. The Balaban J connectivity index is 1.64. The van der Waals surface area contributed by atoms with E-state index in [-0.39, 0.29) is 5.91 Å². The van der Waals surface area contributed by atoms with E-state index in [1.807, 2.05) is 18.1 Å². The molecule has 1 aliphatic rings. The van der Waals surface area contributed by atoms with Gasteiger partial charge in [0.05, 0.1) is 0 Å². The Morgan fingerprint density at radius 1 is 1.32 bits per heavy atom. The summed E-state index contributed by atoms with van der Waals surface area (Å²) in [7, 11) is 3.65. The molecule has 1 N–H and O–H groups in total. The number of nitrogens with one attached hydrogen (secondary N) is 1. The number of aryl methyl sites for hydroxylation is 3. The molecule has 0 bridgehead atoms. The molecule has 6 nitrogen and oxygen atoms in total. The third-order valence-electron chi connectivity index (χ3n) is 5.83. The molecule has 1 amide bonds. The Morgan fingerprint density at radius 2 is 2.14 bits per heavy atom. The van der Waals surface area contributed by atoms with Gasteiger partial charge in [-0.15, -0.1) is 0 Å². The second-order valence-electron chi connectivity index (χ2n) is 7.78. The summed E-state index contributed by atoms with van der Waals surface area (Å²) in [4.78, 5) is 15.2. The minimum absolute atomic E-state index is 0.0668. The van der Waals surface area contributed by atoms with E-state index in [0.717, 1.165) is 32.5 Å². The van der Waals surface area contributed by atoms with E-state index in [2.05, 4.69) is 53.1 Å². The first-order chi connectivity index (χ1) is 13.5. The summed E-state index contributed by atoms with van der Waals surface area (Å²) >= 11 is 0. The topological polar surface area (TPSA) is 55.1 Å². The molecule has 6 heteroatoms. The second-order valence-corrected chi connectivity index (χ2v) is 7.78. The lowest BCUT2D eigenvalue weighted by Crippen LogP contribution is -2.39. The molecule has 1 aromatic carbocycles. The summed E-state index contributed by atoms with van der Waals surface area (Å²) in [6, 6.07) is 8.98. The average molecular weight is 380 g/mol. The Morgan fingerprint density at radius 3 is 2.89 bits per heavy atom. The van der Waals surface area contributed by atoms with E-state index in [0.29, 0.717) is 17.3 Å². The van der Waals surface area contributed by atoms with Gasteiger partial charge in [-0.2, -0.15) is 5.10 Å². The zero-order valence-electron chi connectivity index (χ0n) is 17.2. The van der Waals surface area contributed by atoms with Crippen LogP contribution in [0.15, 0.2) is 30.5 Å². The number of likely N-dealkylation sites (tertiary alicyclic amines) is 1. The third-order valence-corrected chi connectivity index (χ3v) is 5.83. The van der Waals surface area contributed by atoms with Gasteiger partial charge in [-0.1, -0.05) is 11.6 Å². The van der Waals surface area contributed by atoms with Crippen molar-refractivity contribution < 1.29 is 4.79 Å². The van der Waals surface area contributed by atoms with Gasteiger partial charge >= 0.3 is 0 Å². The molecule has 2 aromatic heterocycles. The highest BCUT2D eigenvalue weighted by molar-refractivity contribution is 5.98. The van der Waals surface area contributed by atoms with Crippen molar-refractivity contribution in [1.29, 1.82) is 0 Å². The molecule has 3 aromatic rings. The fraction of sp³-hybridized carbons (Fsp3) is 0.455. The van der Waals surface area contributed by atoms with Crippen LogP contribution >= 0.6 is 0 Å². The van der Waals surface area contributed by atoms with E-state index in [4.69, 9.17) is 0 Å². The second kappa shape index (κ2) is 7.34. The summed E-state index contributed by atoms with van der Waals surface area (Å²) in [5.74, 6) is 1.07. The van der Waals surface area contributed by atoms with Crippen LogP contribution in [0.5, 0.6) is 0 Å². The zero-order valence-corrected chi connectivity index (χ0v) is 17.2. The van der Waals surface area contributed by atoms with Crippen molar-refractivity contribution in [2.24, 2.45) is 7.05 Å². The van der Waals surface area contributed by atoms with Gasteiger partial charge in [0.15, 0.2) is 5.82 Å². The van der Waals surface area contributed by atoms with Crippen molar-refractivity contribution in [2.75, 3.05) is 25.5 Å². The quantitative estimate of drug-likeness (QED) is 0.751. The summed E-state index contributed by atoms with van der Waals surface area (Å²) < 4.78 is 4.11. The maximum atomic E-state index is 13.2. The van der Waals surface area contributed by atoms with Gasteiger partial charge in [-0.25, -0.2) is 0 Å². The van der Waals surface area contributed by atoms with Crippen molar-refractivity contribution in [3.05, 3.63) is 47.3 Å². The molecule has 1 saturated heterocycles. The van der Waals surface area contributed by atoms with Gasteiger partial charge in [0.1, 0.15) is 5.56 Å². The van der Waals surface area contributed by atoms with Crippen molar-refractivity contribution in [2.45, 2.75) is 39.2 Å². The van der Waals surface area contributed by atoms with E-state index in [1.54, 1.807) is 11.7 Å². The molecule has 148 valence electrons. The molecule has 4 rings (SSSR count). The smallest absolute Gasteiger partial charge is 0.259 e. The zero-order chi connectivity index (χ0) is 19.8. The van der Waals surface area contributed by atoms with Crippen LogP contribution < -0.4 is 5.32 Å². The largest absolute Gasteiger partial charge is 0.371 e. The first kappa shape index (κ1) is 18.6. The highest BCUT2D eigenvalue weighted by Gasteiger charge is 2.29. The molecule has 1 unspecified atom stereocenters. The standard InChI is InChI=1S/C22H29N5O/c1-5-27-19-9-8-15(2)11-17(19)12-20(27)16-7-6-10-26(13-16)22(28)18-14-25(4)24-21(18)23-3/h8-9,11-12,14,16H,5-7,10,13H2,1-4H3,(H,23,24). The number of carbonyl (C=O) groups excluding carboxylic acids is 1. The first-order valence-corrected chi connectivity index (χ1v) is 10.1. The van der Waals surface area contributed by atoms with E-state index >= 15 is 0 Å². The molecule has 1 aliphatic heterocycles. The molecule has 1 atom stereocenters. The van der Waals surface area contributed by atoms with Crippen molar-refractivity contribution in [3.8, 4) is 0 Å². The van der Waals surface area contributed by atoms with Crippen LogP contribution in [0.25, 0.3) is 10.9 Å². The van der Waals surface area contributed by atoms with E-state index in [1.165, 1.54) is 22.2 Å². The molecular weight excluding hydrogens is 350 g/mol. The number of hydrogen-bond donors (Lipinski definition) is 1. The van der Waals surface area contributed by atoms with Crippen LogP contribution in [-0.2, 0) is 13.6 Å².